The van der Waals surface area contributed by atoms with Gasteiger partial charge in [-0.3, -0.25) is 4.79 Å². The van der Waals surface area contributed by atoms with Crippen molar-refractivity contribution in [2.24, 2.45) is 7.05 Å². The van der Waals surface area contributed by atoms with Crippen LogP contribution < -0.4 is 10.0 Å². The molecule has 2 N–H and O–H groups in total. The number of aromatic nitrogens is 2. The number of nitrogens with zero attached hydrogens (tertiary/aromatic N) is 2. The summed E-state index contributed by atoms with van der Waals surface area (Å²) in [6.45, 7) is -2.01. The van der Waals surface area contributed by atoms with Crippen molar-refractivity contribution in [2.45, 2.75) is 16.6 Å². The van der Waals surface area contributed by atoms with Gasteiger partial charge in [-0.25, -0.2) is 12.8 Å². The topological polar surface area (TPSA) is 102 Å². The third-order valence-electron chi connectivity index (χ3n) is 4.18. The van der Waals surface area contributed by atoms with Crippen LogP contribution in [0, 0.1) is 17.7 Å². The second kappa shape index (κ2) is 7.24. The average molecular weight is 458 g/mol. The van der Waals surface area contributed by atoms with Crippen molar-refractivity contribution in [3.8, 4) is 0 Å². The molecule has 0 radical (unpaired) electrons. The van der Waals surface area contributed by atoms with E-state index < -0.39 is 74.8 Å². The molecule has 0 aliphatic carbocycles. The van der Waals surface area contributed by atoms with E-state index in [0.29, 0.717) is 22.9 Å². The van der Waals surface area contributed by atoms with Gasteiger partial charge in [0.25, 0.3) is 5.91 Å². The van der Waals surface area contributed by atoms with Crippen molar-refractivity contribution in [3.05, 3.63) is 41.7 Å². The molecule has 0 bridgehead atoms. The van der Waals surface area contributed by atoms with Crippen molar-refractivity contribution in [3.63, 3.8) is 0 Å². The van der Waals surface area contributed by atoms with E-state index in [4.69, 9.17) is 0 Å². The number of rotatable bonds is 5. The zero-order valence-corrected chi connectivity index (χ0v) is 15.7. The van der Waals surface area contributed by atoms with Crippen LogP contribution in [0.25, 0.3) is 0 Å². The summed E-state index contributed by atoms with van der Waals surface area (Å²) in [4.78, 5) is 13.9. The Morgan fingerprint density at radius 1 is 1.20 bits per heavy atom. The zero-order valence-electron chi connectivity index (χ0n) is 14.8. The highest BCUT2D eigenvalue weighted by Gasteiger charge is 2.62. The van der Waals surface area contributed by atoms with Crippen LogP contribution in [-0.2, 0) is 21.8 Å². The Morgan fingerprint density at radius 2 is 1.77 bits per heavy atom. The molecule has 1 aliphatic rings. The molecule has 2 aromatic heterocycles. The quantitative estimate of drug-likeness (QED) is 0.525. The van der Waals surface area contributed by atoms with Gasteiger partial charge in [0, 0.05) is 25.4 Å². The second-order valence-electron chi connectivity index (χ2n) is 6.40. The lowest BCUT2D eigenvalue weighted by atomic mass is 9.99. The molecule has 164 valence electrons. The number of hydrogen-bond acceptors (Lipinski definition) is 5. The fourth-order valence-corrected chi connectivity index (χ4v) is 4.13. The monoisotopic (exact) mass is 458 g/mol. The van der Waals surface area contributed by atoms with Gasteiger partial charge in [0.2, 0.25) is 21.9 Å². The van der Waals surface area contributed by atoms with E-state index in [1.807, 2.05) is 5.32 Å². The van der Waals surface area contributed by atoms with Crippen molar-refractivity contribution in [2.75, 3.05) is 18.5 Å². The summed E-state index contributed by atoms with van der Waals surface area (Å²) in [5, 5.41) is 1.95. The number of anilines is 1. The van der Waals surface area contributed by atoms with Gasteiger partial charge in [0.05, 0.1) is 18.9 Å². The van der Waals surface area contributed by atoms with Gasteiger partial charge in [0.15, 0.2) is 11.4 Å². The molecule has 15 heteroatoms. The fraction of sp³-hybridized carbons (Fsp3) is 0.333. The van der Waals surface area contributed by atoms with Gasteiger partial charge in [-0.1, -0.05) is 0 Å². The van der Waals surface area contributed by atoms with E-state index in [1.54, 1.807) is 0 Å². The number of nitrogens with one attached hydrogen (secondary N) is 2. The Hall–Kier alpha value is -2.65. The predicted octanol–water partition coefficient (Wildman–Crippen LogP) is 1.70. The summed E-state index contributed by atoms with van der Waals surface area (Å²) in [6.07, 6.45) is -4.43. The maximum atomic E-state index is 14.7. The van der Waals surface area contributed by atoms with Crippen LogP contribution in [0.4, 0.5) is 32.0 Å². The Morgan fingerprint density at radius 3 is 2.23 bits per heavy atom. The van der Waals surface area contributed by atoms with Gasteiger partial charge in [0.1, 0.15) is 10.6 Å². The maximum Gasteiger partial charge on any atom is 0.412 e. The van der Waals surface area contributed by atoms with Crippen molar-refractivity contribution >= 4 is 21.6 Å². The first kappa shape index (κ1) is 22.0. The Kier molecular flexibility index (Phi) is 5.32. The molecule has 0 atom stereocenters. The van der Waals surface area contributed by atoms with Crippen molar-refractivity contribution < 1.29 is 44.3 Å². The largest absolute Gasteiger partial charge is 0.412 e. The molecule has 2 aromatic rings. The third kappa shape index (κ3) is 3.87. The number of pyridine rings is 1. The summed E-state index contributed by atoms with van der Waals surface area (Å²) in [6, 6.07) is 1.23. The minimum absolute atomic E-state index is 0.448. The smallest absolute Gasteiger partial charge is 0.377 e. The van der Waals surface area contributed by atoms with E-state index in [2.05, 4.69) is 9.72 Å². The summed E-state index contributed by atoms with van der Waals surface area (Å²) < 4.78 is 112. The Labute approximate surface area is 164 Å². The zero-order chi connectivity index (χ0) is 22.5. The summed E-state index contributed by atoms with van der Waals surface area (Å²) >= 11 is 0. The van der Waals surface area contributed by atoms with Gasteiger partial charge in [-0.05, 0) is 0 Å². The molecule has 0 spiro atoms. The van der Waals surface area contributed by atoms with E-state index in [1.165, 1.54) is 4.72 Å². The SMILES string of the molecule is Cn1cc(S(=O)(=O)NC2(C(F)(F)F)COC2)c(F)c1C(=O)Nc1cc(F)nc(F)c1. The van der Waals surface area contributed by atoms with Crippen molar-refractivity contribution in [1.29, 1.82) is 0 Å². The summed E-state index contributed by atoms with van der Waals surface area (Å²) in [7, 11) is -4.02. The van der Waals surface area contributed by atoms with Gasteiger partial charge < -0.3 is 14.6 Å². The normalized spacial score (nSPS) is 16.2. The number of ether oxygens (including phenoxy) is 1. The van der Waals surface area contributed by atoms with Gasteiger partial charge >= 0.3 is 6.18 Å². The maximum absolute atomic E-state index is 14.7. The van der Waals surface area contributed by atoms with E-state index >= 15 is 0 Å². The van der Waals surface area contributed by atoms with Gasteiger partial charge in [-0.15, -0.1) is 0 Å². The van der Waals surface area contributed by atoms with Crippen LogP contribution in [0.15, 0.2) is 23.2 Å². The molecule has 0 aromatic carbocycles. The highest BCUT2D eigenvalue weighted by atomic mass is 32.2. The molecule has 30 heavy (non-hydrogen) atoms. The first-order valence-electron chi connectivity index (χ1n) is 7.93. The molecule has 1 saturated heterocycles. The Balaban J connectivity index is 1.92. The number of aryl methyl sites for hydroxylation is 1. The highest BCUT2D eigenvalue weighted by Crippen LogP contribution is 2.37. The third-order valence-corrected chi connectivity index (χ3v) is 5.71. The molecular weight excluding hydrogens is 446 g/mol. The molecule has 1 fully saturated rings. The lowest BCUT2D eigenvalue weighted by molar-refractivity contribution is -0.260. The van der Waals surface area contributed by atoms with Gasteiger partial charge in [-0.2, -0.15) is 31.7 Å². The summed E-state index contributed by atoms with van der Waals surface area (Å²) in [5.74, 6) is -5.54. The number of carbonyl (C=O) groups is 1. The average Bonchev–Trinajstić information content (AvgIpc) is 2.84. The fourth-order valence-electron chi connectivity index (χ4n) is 2.64. The van der Waals surface area contributed by atoms with E-state index in [9.17, 15) is 39.6 Å². The number of alkyl halides is 3. The predicted molar refractivity (Wildman–Crippen MR) is 87.4 cm³/mol. The van der Waals surface area contributed by atoms with Crippen LogP contribution in [0.2, 0.25) is 0 Å². The van der Waals surface area contributed by atoms with Crippen molar-refractivity contribution in [1.82, 2.24) is 14.3 Å². The lowest BCUT2D eigenvalue weighted by Gasteiger charge is -2.42. The first-order chi connectivity index (χ1) is 13.8. The summed E-state index contributed by atoms with van der Waals surface area (Å²) in [5.41, 5.74) is -4.28. The molecule has 0 saturated carbocycles. The molecule has 0 unspecified atom stereocenters. The van der Waals surface area contributed by atoms with Crippen LogP contribution in [0.3, 0.4) is 0 Å². The molecule has 1 aliphatic heterocycles. The number of hydrogen-bond donors (Lipinski definition) is 2. The second-order valence-corrected chi connectivity index (χ2v) is 8.05. The Bertz CT molecular complexity index is 1090. The molecule has 1 amide bonds. The highest BCUT2D eigenvalue weighted by molar-refractivity contribution is 7.89. The van der Waals surface area contributed by atoms with E-state index in [-0.39, 0.29) is 0 Å². The molecule has 8 nitrogen and oxygen atoms in total. The minimum atomic E-state index is -5.07. The number of halogens is 6. The van der Waals surface area contributed by atoms with Crippen LogP contribution in [-0.4, -0.2) is 48.8 Å². The number of carbonyl (C=O) groups excluding carboxylic acids is 1. The minimum Gasteiger partial charge on any atom is -0.377 e. The van der Waals surface area contributed by atoms with Crippen LogP contribution >= 0.6 is 0 Å². The number of sulfonamides is 1. The lowest BCUT2D eigenvalue weighted by Crippen LogP contribution is -2.70. The first-order valence-corrected chi connectivity index (χ1v) is 9.42. The standard InChI is InChI=1S/C15H12F6N4O4S/c1-25-4-8(30(27,28)24-14(5-29-6-14)15(19,20)21)11(18)12(25)13(26)22-7-2-9(16)23-10(17)3-7/h2-4,24H,5-6H2,1H3,(H,22,23,26). The molecule has 3 heterocycles. The van der Waals surface area contributed by atoms with Crippen LogP contribution in [0.5, 0.6) is 0 Å². The van der Waals surface area contributed by atoms with Crippen LogP contribution in [0.1, 0.15) is 10.5 Å². The molecular formula is C15H12F6N4O4S. The number of amides is 1. The molecule has 3 rings (SSSR count). The van der Waals surface area contributed by atoms with E-state index in [0.717, 1.165) is 7.05 Å².